The Morgan fingerprint density at radius 3 is 2.77 bits per heavy atom. The highest BCUT2D eigenvalue weighted by Crippen LogP contribution is 2.20. The summed E-state index contributed by atoms with van der Waals surface area (Å²) in [7, 11) is 0. The fraction of sp³-hybridized carbons (Fsp3) is 0.700. The van der Waals surface area contributed by atoms with Crippen molar-refractivity contribution in [1.29, 1.82) is 0 Å². The molecule has 0 spiro atoms. The third-order valence-electron chi connectivity index (χ3n) is 1.98. The third-order valence-corrected chi connectivity index (χ3v) is 3.06. The first-order chi connectivity index (χ1) is 6.27. The molecule has 2 nitrogen and oxygen atoms in total. The molecule has 0 aliphatic carbocycles. The number of aryl methyl sites for hydroxylation is 1. The average Bonchev–Trinajstić information content (AvgIpc) is 2.54. The average molecular weight is 198 g/mol. The molecule has 0 aromatic carbocycles. The molecule has 1 aromatic heterocycles. The molecule has 0 amide bonds. The number of rotatable bonds is 5. The van der Waals surface area contributed by atoms with Gasteiger partial charge >= 0.3 is 0 Å². The summed E-state index contributed by atoms with van der Waals surface area (Å²) in [6.45, 7) is 7.51. The second-order valence-corrected chi connectivity index (χ2v) is 4.13. The summed E-state index contributed by atoms with van der Waals surface area (Å²) >= 11 is 1.76. The van der Waals surface area contributed by atoms with Crippen LogP contribution in [0.5, 0.6) is 0 Å². The van der Waals surface area contributed by atoms with Crippen molar-refractivity contribution in [2.75, 3.05) is 6.54 Å². The molecule has 1 unspecified atom stereocenters. The molecule has 13 heavy (non-hydrogen) atoms. The van der Waals surface area contributed by atoms with Crippen LogP contribution in [0.4, 0.5) is 0 Å². The standard InChI is InChI=1S/C10H18N2S/c1-4-6-11-9(5-2)10-12-8(3)7-13-10/h7,9,11H,4-6H2,1-3H3. The minimum absolute atomic E-state index is 0.457. The van der Waals surface area contributed by atoms with Crippen LogP contribution < -0.4 is 5.32 Å². The quantitative estimate of drug-likeness (QED) is 0.787. The van der Waals surface area contributed by atoms with Crippen LogP contribution in [0.2, 0.25) is 0 Å². The summed E-state index contributed by atoms with van der Waals surface area (Å²) in [4.78, 5) is 4.49. The molecule has 1 aromatic rings. The Morgan fingerprint density at radius 1 is 1.54 bits per heavy atom. The monoisotopic (exact) mass is 198 g/mol. The van der Waals surface area contributed by atoms with Crippen LogP contribution in [0.25, 0.3) is 0 Å². The second kappa shape index (κ2) is 5.35. The zero-order chi connectivity index (χ0) is 9.68. The fourth-order valence-corrected chi connectivity index (χ4v) is 2.21. The van der Waals surface area contributed by atoms with Gasteiger partial charge < -0.3 is 5.32 Å². The Kier molecular flexibility index (Phi) is 4.39. The first kappa shape index (κ1) is 10.7. The van der Waals surface area contributed by atoms with E-state index in [1.807, 2.05) is 6.92 Å². The molecule has 3 heteroatoms. The summed E-state index contributed by atoms with van der Waals surface area (Å²) in [6, 6.07) is 0.457. The maximum Gasteiger partial charge on any atom is 0.110 e. The molecule has 1 rings (SSSR count). The zero-order valence-corrected chi connectivity index (χ0v) is 9.45. The Balaban J connectivity index is 2.56. The molecular formula is C10H18N2S. The molecule has 0 fully saturated rings. The minimum atomic E-state index is 0.457. The van der Waals surface area contributed by atoms with Gasteiger partial charge in [-0.15, -0.1) is 11.3 Å². The van der Waals surface area contributed by atoms with Crippen molar-refractivity contribution in [2.45, 2.75) is 39.7 Å². The molecule has 1 atom stereocenters. The number of aromatic nitrogens is 1. The van der Waals surface area contributed by atoms with E-state index >= 15 is 0 Å². The predicted molar refractivity (Wildman–Crippen MR) is 58.2 cm³/mol. The van der Waals surface area contributed by atoms with Gasteiger partial charge in [-0.05, 0) is 26.3 Å². The van der Waals surface area contributed by atoms with Crippen LogP contribution in [0.15, 0.2) is 5.38 Å². The van der Waals surface area contributed by atoms with E-state index in [-0.39, 0.29) is 0 Å². The van der Waals surface area contributed by atoms with Crippen LogP contribution in [-0.2, 0) is 0 Å². The van der Waals surface area contributed by atoms with E-state index in [0.717, 1.165) is 18.7 Å². The Hall–Kier alpha value is -0.410. The van der Waals surface area contributed by atoms with E-state index in [2.05, 4.69) is 29.5 Å². The Labute approximate surface area is 84.4 Å². The Bertz CT molecular complexity index is 245. The van der Waals surface area contributed by atoms with Crippen molar-refractivity contribution < 1.29 is 0 Å². The highest BCUT2D eigenvalue weighted by atomic mass is 32.1. The molecule has 74 valence electrons. The van der Waals surface area contributed by atoms with Gasteiger partial charge in [-0.3, -0.25) is 0 Å². The lowest BCUT2D eigenvalue weighted by molar-refractivity contribution is 0.515. The van der Waals surface area contributed by atoms with Crippen LogP contribution in [-0.4, -0.2) is 11.5 Å². The van der Waals surface area contributed by atoms with Gasteiger partial charge in [-0.25, -0.2) is 4.98 Å². The maximum atomic E-state index is 4.49. The van der Waals surface area contributed by atoms with E-state index in [9.17, 15) is 0 Å². The lowest BCUT2D eigenvalue weighted by Crippen LogP contribution is -2.21. The van der Waals surface area contributed by atoms with Crippen molar-refractivity contribution in [2.24, 2.45) is 0 Å². The highest BCUT2D eigenvalue weighted by Gasteiger charge is 2.10. The normalized spacial score (nSPS) is 13.2. The summed E-state index contributed by atoms with van der Waals surface area (Å²) in [5, 5.41) is 6.84. The SMILES string of the molecule is CCCNC(CC)c1nc(C)cs1. The largest absolute Gasteiger partial charge is 0.308 e. The van der Waals surface area contributed by atoms with Gasteiger partial charge in [0.2, 0.25) is 0 Å². The topological polar surface area (TPSA) is 24.9 Å². The summed E-state index contributed by atoms with van der Waals surface area (Å²) < 4.78 is 0. The van der Waals surface area contributed by atoms with Crippen molar-refractivity contribution >= 4 is 11.3 Å². The van der Waals surface area contributed by atoms with Gasteiger partial charge in [0.25, 0.3) is 0 Å². The van der Waals surface area contributed by atoms with E-state index in [1.165, 1.54) is 11.4 Å². The molecule has 0 saturated heterocycles. The molecule has 0 radical (unpaired) electrons. The van der Waals surface area contributed by atoms with Gasteiger partial charge in [0.05, 0.1) is 6.04 Å². The number of hydrogen-bond acceptors (Lipinski definition) is 3. The van der Waals surface area contributed by atoms with Crippen molar-refractivity contribution in [3.63, 3.8) is 0 Å². The van der Waals surface area contributed by atoms with Crippen molar-refractivity contribution in [1.82, 2.24) is 10.3 Å². The first-order valence-electron chi connectivity index (χ1n) is 4.93. The zero-order valence-electron chi connectivity index (χ0n) is 8.63. The van der Waals surface area contributed by atoms with E-state index < -0.39 is 0 Å². The first-order valence-corrected chi connectivity index (χ1v) is 5.81. The molecule has 0 bridgehead atoms. The predicted octanol–water partition coefficient (Wildman–Crippen LogP) is 2.90. The molecule has 1 N–H and O–H groups in total. The highest BCUT2D eigenvalue weighted by molar-refractivity contribution is 7.09. The van der Waals surface area contributed by atoms with E-state index in [0.29, 0.717) is 6.04 Å². The lowest BCUT2D eigenvalue weighted by atomic mass is 10.2. The minimum Gasteiger partial charge on any atom is -0.308 e. The lowest BCUT2D eigenvalue weighted by Gasteiger charge is -2.12. The van der Waals surface area contributed by atoms with Gasteiger partial charge in [-0.1, -0.05) is 13.8 Å². The number of thiazole rings is 1. The van der Waals surface area contributed by atoms with Crippen LogP contribution in [0, 0.1) is 6.92 Å². The van der Waals surface area contributed by atoms with E-state index in [1.54, 1.807) is 11.3 Å². The number of nitrogens with zero attached hydrogens (tertiary/aromatic N) is 1. The Morgan fingerprint density at radius 2 is 2.31 bits per heavy atom. The summed E-state index contributed by atoms with van der Waals surface area (Å²) in [5.74, 6) is 0. The van der Waals surface area contributed by atoms with Gasteiger partial charge in [0, 0.05) is 11.1 Å². The van der Waals surface area contributed by atoms with Crippen LogP contribution in [0.1, 0.15) is 43.4 Å². The fourth-order valence-electron chi connectivity index (χ4n) is 1.26. The maximum absolute atomic E-state index is 4.49. The number of hydrogen-bond donors (Lipinski definition) is 1. The van der Waals surface area contributed by atoms with E-state index in [4.69, 9.17) is 0 Å². The van der Waals surface area contributed by atoms with Gasteiger partial charge in [0.15, 0.2) is 0 Å². The molecule has 0 aliphatic heterocycles. The van der Waals surface area contributed by atoms with Crippen molar-refractivity contribution in [3.05, 3.63) is 16.1 Å². The van der Waals surface area contributed by atoms with Crippen LogP contribution >= 0.6 is 11.3 Å². The van der Waals surface area contributed by atoms with Crippen molar-refractivity contribution in [3.8, 4) is 0 Å². The second-order valence-electron chi connectivity index (χ2n) is 3.24. The molecule has 0 saturated carbocycles. The molecule has 1 heterocycles. The number of nitrogens with one attached hydrogen (secondary N) is 1. The van der Waals surface area contributed by atoms with Gasteiger partial charge in [-0.2, -0.15) is 0 Å². The smallest absolute Gasteiger partial charge is 0.110 e. The third kappa shape index (κ3) is 3.08. The van der Waals surface area contributed by atoms with Gasteiger partial charge in [0.1, 0.15) is 5.01 Å². The summed E-state index contributed by atoms with van der Waals surface area (Å²) in [5.41, 5.74) is 1.14. The van der Waals surface area contributed by atoms with Crippen LogP contribution in [0.3, 0.4) is 0 Å². The summed E-state index contributed by atoms with van der Waals surface area (Å²) in [6.07, 6.45) is 2.30. The molecular weight excluding hydrogens is 180 g/mol. The molecule has 0 aliphatic rings.